The molecule has 0 atom stereocenters. The van der Waals surface area contributed by atoms with Crippen molar-refractivity contribution in [2.45, 2.75) is 6.54 Å². The molecule has 0 fully saturated rings. The summed E-state index contributed by atoms with van der Waals surface area (Å²) >= 11 is 0. The van der Waals surface area contributed by atoms with Crippen LogP contribution >= 0.6 is 0 Å². The van der Waals surface area contributed by atoms with Crippen molar-refractivity contribution in [1.29, 1.82) is 0 Å². The van der Waals surface area contributed by atoms with E-state index in [1.54, 1.807) is 11.5 Å². The normalized spacial score (nSPS) is 10.9. The minimum Gasteiger partial charge on any atom is -0.449 e. The Morgan fingerprint density at radius 3 is 2.60 bits per heavy atom. The van der Waals surface area contributed by atoms with Crippen molar-refractivity contribution in [3.63, 3.8) is 0 Å². The summed E-state index contributed by atoms with van der Waals surface area (Å²) in [6, 6.07) is 21.1. The Balaban J connectivity index is 1.80. The van der Waals surface area contributed by atoms with E-state index in [1.807, 2.05) is 59.3 Å². The molecule has 0 saturated carbocycles. The number of rotatable bonds is 4. The van der Waals surface area contributed by atoms with Gasteiger partial charge in [0.15, 0.2) is 11.5 Å². The predicted octanol–water partition coefficient (Wildman–Crippen LogP) is 3.46. The summed E-state index contributed by atoms with van der Waals surface area (Å²) in [6.07, 6.45) is 0. The van der Waals surface area contributed by atoms with Gasteiger partial charge in [0.05, 0.1) is 12.1 Å². The molecular formula is C19H15N3O3. The molecule has 0 bridgehead atoms. The molecule has 0 saturated heterocycles. The van der Waals surface area contributed by atoms with Crippen LogP contribution < -0.4 is 5.48 Å². The van der Waals surface area contributed by atoms with Crippen LogP contribution in [0.15, 0.2) is 71.1 Å². The van der Waals surface area contributed by atoms with Crippen LogP contribution in [-0.4, -0.2) is 20.9 Å². The first kappa shape index (κ1) is 15.2. The van der Waals surface area contributed by atoms with Crippen LogP contribution in [0.3, 0.4) is 0 Å². The van der Waals surface area contributed by atoms with Gasteiger partial charge in [-0.05, 0) is 23.8 Å². The number of benzene rings is 2. The highest BCUT2D eigenvalue weighted by atomic mass is 16.5. The zero-order chi connectivity index (χ0) is 17.2. The van der Waals surface area contributed by atoms with E-state index in [0.29, 0.717) is 18.0 Å². The lowest BCUT2D eigenvalue weighted by Gasteiger charge is -2.03. The van der Waals surface area contributed by atoms with Crippen LogP contribution in [0.4, 0.5) is 0 Å². The maximum Gasteiger partial charge on any atom is 0.310 e. The SMILES string of the molecule is O=C(NO)c1ccc(-c2nn(Cc3ccccc3)c3ccccc23)o1. The predicted molar refractivity (Wildman–Crippen MR) is 92.2 cm³/mol. The largest absolute Gasteiger partial charge is 0.449 e. The van der Waals surface area contributed by atoms with E-state index in [0.717, 1.165) is 16.5 Å². The zero-order valence-electron chi connectivity index (χ0n) is 13.2. The Bertz CT molecular complexity index is 1030. The average Bonchev–Trinajstić information content (AvgIpc) is 3.27. The van der Waals surface area contributed by atoms with E-state index in [4.69, 9.17) is 9.62 Å². The molecule has 2 aromatic heterocycles. The number of nitrogens with zero attached hydrogens (tertiary/aromatic N) is 2. The molecule has 0 spiro atoms. The maximum atomic E-state index is 11.5. The molecule has 6 nitrogen and oxygen atoms in total. The molecule has 6 heteroatoms. The topological polar surface area (TPSA) is 80.3 Å². The fourth-order valence-electron chi connectivity index (χ4n) is 2.83. The van der Waals surface area contributed by atoms with Gasteiger partial charge in [0.2, 0.25) is 0 Å². The molecule has 4 aromatic rings. The van der Waals surface area contributed by atoms with Gasteiger partial charge in [-0.3, -0.25) is 14.7 Å². The first-order chi connectivity index (χ1) is 12.3. The summed E-state index contributed by atoms with van der Waals surface area (Å²) in [4.78, 5) is 11.5. The van der Waals surface area contributed by atoms with Crippen LogP contribution in [-0.2, 0) is 6.54 Å². The van der Waals surface area contributed by atoms with Gasteiger partial charge in [0, 0.05) is 5.39 Å². The molecule has 124 valence electrons. The van der Waals surface area contributed by atoms with Gasteiger partial charge in [0.1, 0.15) is 5.69 Å². The first-order valence-corrected chi connectivity index (χ1v) is 7.80. The summed E-state index contributed by atoms with van der Waals surface area (Å²) in [5.41, 5.74) is 4.34. The smallest absolute Gasteiger partial charge is 0.310 e. The minimum atomic E-state index is -0.695. The van der Waals surface area contributed by atoms with Crippen molar-refractivity contribution >= 4 is 16.8 Å². The Kier molecular flexibility index (Phi) is 3.80. The number of hydrogen-bond acceptors (Lipinski definition) is 4. The number of hydroxylamine groups is 1. The number of nitrogens with one attached hydrogen (secondary N) is 1. The number of fused-ring (bicyclic) bond motifs is 1. The summed E-state index contributed by atoms with van der Waals surface area (Å²) in [7, 11) is 0. The zero-order valence-corrected chi connectivity index (χ0v) is 13.2. The number of hydrogen-bond donors (Lipinski definition) is 2. The number of amides is 1. The Labute approximate surface area is 143 Å². The van der Waals surface area contributed by atoms with Crippen molar-refractivity contribution in [2.75, 3.05) is 0 Å². The van der Waals surface area contributed by atoms with Crippen molar-refractivity contribution in [2.24, 2.45) is 0 Å². The quantitative estimate of drug-likeness (QED) is 0.443. The molecule has 2 N–H and O–H groups in total. The second-order valence-corrected chi connectivity index (χ2v) is 5.61. The lowest BCUT2D eigenvalue weighted by Crippen LogP contribution is -2.17. The minimum absolute atomic E-state index is 0.0270. The number of para-hydroxylation sites is 1. The molecule has 0 aliphatic carbocycles. The number of carbonyl (C=O) groups is 1. The summed E-state index contributed by atoms with van der Waals surface area (Å²) in [5, 5.41) is 14.3. The fourth-order valence-corrected chi connectivity index (χ4v) is 2.83. The van der Waals surface area contributed by atoms with E-state index in [1.165, 1.54) is 6.07 Å². The highest BCUT2D eigenvalue weighted by Crippen LogP contribution is 2.29. The second kappa shape index (κ2) is 6.26. The molecule has 0 aliphatic rings. The summed E-state index contributed by atoms with van der Waals surface area (Å²) in [6.45, 7) is 0.631. The van der Waals surface area contributed by atoms with Crippen LogP contribution in [0.5, 0.6) is 0 Å². The molecular weight excluding hydrogens is 318 g/mol. The second-order valence-electron chi connectivity index (χ2n) is 5.61. The summed E-state index contributed by atoms with van der Waals surface area (Å²) in [5.74, 6) is -0.194. The van der Waals surface area contributed by atoms with Gasteiger partial charge in [0.25, 0.3) is 0 Å². The first-order valence-electron chi connectivity index (χ1n) is 7.80. The molecule has 0 aliphatic heterocycles. The lowest BCUT2D eigenvalue weighted by atomic mass is 10.2. The van der Waals surface area contributed by atoms with Crippen LogP contribution in [0, 0.1) is 0 Å². The average molecular weight is 333 g/mol. The third-order valence-corrected chi connectivity index (χ3v) is 4.00. The fraction of sp³-hybridized carbons (Fsp3) is 0.0526. The highest BCUT2D eigenvalue weighted by molar-refractivity contribution is 5.94. The van der Waals surface area contributed by atoms with Gasteiger partial charge in [-0.1, -0.05) is 48.5 Å². The highest BCUT2D eigenvalue weighted by Gasteiger charge is 2.17. The van der Waals surface area contributed by atoms with E-state index < -0.39 is 5.91 Å². The molecule has 2 aromatic carbocycles. The van der Waals surface area contributed by atoms with Crippen LogP contribution in [0.25, 0.3) is 22.4 Å². The van der Waals surface area contributed by atoms with Crippen LogP contribution in [0.2, 0.25) is 0 Å². The van der Waals surface area contributed by atoms with Gasteiger partial charge in [-0.25, -0.2) is 5.48 Å². The lowest BCUT2D eigenvalue weighted by molar-refractivity contribution is 0.0677. The van der Waals surface area contributed by atoms with Crippen molar-refractivity contribution in [1.82, 2.24) is 15.3 Å². The van der Waals surface area contributed by atoms with Crippen LogP contribution in [0.1, 0.15) is 16.1 Å². The van der Waals surface area contributed by atoms with Gasteiger partial charge < -0.3 is 4.42 Å². The molecule has 2 heterocycles. The van der Waals surface area contributed by atoms with E-state index in [2.05, 4.69) is 5.10 Å². The van der Waals surface area contributed by atoms with Gasteiger partial charge in [-0.2, -0.15) is 5.10 Å². The molecule has 0 unspecified atom stereocenters. The monoisotopic (exact) mass is 333 g/mol. The number of furan rings is 1. The van der Waals surface area contributed by atoms with Gasteiger partial charge in [-0.15, -0.1) is 0 Å². The molecule has 1 amide bonds. The van der Waals surface area contributed by atoms with E-state index in [9.17, 15) is 4.79 Å². The number of aromatic nitrogens is 2. The molecule has 4 rings (SSSR count). The van der Waals surface area contributed by atoms with Crippen molar-refractivity contribution < 1.29 is 14.4 Å². The maximum absolute atomic E-state index is 11.5. The molecule has 25 heavy (non-hydrogen) atoms. The van der Waals surface area contributed by atoms with Crippen molar-refractivity contribution in [3.05, 3.63) is 78.1 Å². The number of carbonyl (C=O) groups excluding carboxylic acids is 1. The summed E-state index contributed by atoms with van der Waals surface area (Å²) < 4.78 is 7.46. The third kappa shape index (κ3) is 2.79. The molecule has 0 radical (unpaired) electrons. The Morgan fingerprint density at radius 2 is 1.80 bits per heavy atom. The Hall–Kier alpha value is -3.38. The van der Waals surface area contributed by atoms with Crippen molar-refractivity contribution in [3.8, 4) is 11.5 Å². The van der Waals surface area contributed by atoms with Gasteiger partial charge >= 0.3 is 5.91 Å². The Morgan fingerprint density at radius 1 is 1.04 bits per heavy atom. The standard InChI is InChI=1S/C19H15N3O3/c23-19(21-24)17-11-10-16(25-17)18-14-8-4-5-9-15(14)22(20-18)12-13-6-2-1-3-7-13/h1-11,24H,12H2,(H,21,23). The van der Waals surface area contributed by atoms with E-state index in [-0.39, 0.29) is 5.76 Å². The van der Waals surface area contributed by atoms with E-state index >= 15 is 0 Å². The third-order valence-electron chi connectivity index (χ3n) is 4.00.